The van der Waals surface area contributed by atoms with Gasteiger partial charge in [-0.1, -0.05) is 42.5 Å². The molecule has 3 rings (SSSR count). The standard InChI is InChI=1S/C19H19N5O3S/c1-13-12-14(2)21-18(20-13)22-19(25)24-28(26,27)23-17-10-8-16(9-11-17)15-6-4-3-5-7-15/h3-12,23H,1-2H3,(H2,20,21,22,24,25). The van der Waals surface area contributed by atoms with Gasteiger partial charge in [-0.15, -0.1) is 0 Å². The zero-order chi connectivity index (χ0) is 20.1. The van der Waals surface area contributed by atoms with Gasteiger partial charge in [0, 0.05) is 11.4 Å². The summed E-state index contributed by atoms with van der Waals surface area (Å²) in [5.41, 5.74) is 3.59. The van der Waals surface area contributed by atoms with Crippen LogP contribution >= 0.6 is 0 Å². The van der Waals surface area contributed by atoms with Crippen molar-refractivity contribution in [3.63, 3.8) is 0 Å². The Kier molecular flexibility index (Phi) is 5.55. The lowest BCUT2D eigenvalue weighted by Crippen LogP contribution is -2.38. The average Bonchev–Trinajstić information content (AvgIpc) is 2.61. The molecule has 0 spiro atoms. The summed E-state index contributed by atoms with van der Waals surface area (Å²) in [5.74, 6) is 0.0254. The fourth-order valence-corrected chi connectivity index (χ4v) is 3.37. The molecule has 0 fully saturated rings. The first-order chi connectivity index (χ1) is 13.3. The van der Waals surface area contributed by atoms with Crippen LogP contribution in [0.1, 0.15) is 11.4 Å². The van der Waals surface area contributed by atoms with Crippen LogP contribution in [-0.4, -0.2) is 24.4 Å². The summed E-state index contributed by atoms with van der Waals surface area (Å²) >= 11 is 0. The lowest BCUT2D eigenvalue weighted by Gasteiger charge is -2.11. The van der Waals surface area contributed by atoms with Gasteiger partial charge >= 0.3 is 16.2 Å². The molecule has 0 bridgehead atoms. The second-order valence-corrected chi connectivity index (χ2v) is 7.49. The van der Waals surface area contributed by atoms with E-state index in [2.05, 4.69) is 20.0 Å². The highest BCUT2D eigenvalue weighted by molar-refractivity contribution is 7.91. The van der Waals surface area contributed by atoms with Crippen molar-refractivity contribution in [3.05, 3.63) is 72.1 Å². The number of anilines is 2. The molecule has 3 aromatic rings. The van der Waals surface area contributed by atoms with Crippen LogP contribution in [-0.2, 0) is 10.2 Å². The SMILES string of the molecule is Cc1cc(C)nc(NC(=O)NS(=O)(=O)Nc2ccc(-c3ccccc3)cc2)n1. The molecule has 8 nitrogen and oxygen atoms in total. The lowest BCUT2D eigenvalue weighted by atomic mass is 10.1. The number of benzene rings is 2. The molecule has 0 saturated carbocycles. The van der Waals surface area contributed by atoms with E-state index in [1.165, 1.54) is 0 Å². The zero-order valence-electron chi connectivity index (χ0n) is 15.3. The normalized spacial score (nSPS) is 10.9. The van der Waals surface area contributed by atoms with E-state index in [0.717, 1.165) is 11.1 Å². The number of nitrogens with zero attached hydrogens (tertiary/aromatic N) is 2. The van der Waals surface area contributed by atoms with Gasteiger partial charge in [-0.2, -0.15) is 8.42 Å². The molecule has 0 saturated heterocycles. The smallest absolute Gasteiger partial charge is 0.275 e. The Morgan fingerprint density at radius 1 is 0.857 bits per heavy atom. The zero-order valence-corrected chi connectivity index (χ0v) is 16.1. The quantitative estimate of drug-likeness (QED) is 0.612. The third kappa shape index (κ3) is 5.27. The van der Waals surface area contributed by atoms with Gasteiger partial charge in [0.15, 0.2) is 0 Å². The third-order valence-corrected chi connectivity index (χ3v) is 4.64. The molecule has 0 unspecified atom stereocenters. The first-order valence-corrected chi connectivity index (χ1v) is 9.88. The van der Waals surface area contributed by atoms with Crippen molar-refractivity contribution in [2.75, 3.05) is 10.0 Å². The number of hydrogen-bond acceptors (Lipinski definition) is 5. The van der Waals surface area contributed by atoms with Crippen molar-refractivity contribution in [1.29, 1.82) is 0 Å². The molecule has 144 valence electrons. The minimum atomic E-state index is -4.12. The van der Waals surface area contributed by atoms with Crippen LogP contribution in [0, 0.1) is 13.8 Å². The summed E-state index contributed by atoms with van der Waals surface area (Å²) in [6.07, 6.45) is 0. The minimum absolute atomic E-state index is 0.0254. The molecule has 0 aliphatic carbocycles. The molecule has 2 aromatic carbocycles. The van der Waals surface area contributed by atoms with Crippen LogP contribution in [0.15, 0.2) is 60.7 Å². The maximum absolute atomic E-state index is 12.2. The molecular weight excluding hydrogens is 378 g/mol. The van der Waals surface area contributed by atoms with Crippen LogP contribution in [0.5, 0.6) is 0 Å². The molecule has 0 atom stereocenters. The summed E-state index contributed by atoms with van der Waals surface area (Å²) in [4.78, 5) is 20.0. The van der Waals surface area contributed by atoms with Gasteiger partial charge in [-0.05, 0) is 43.2 Å². The van der Waals surface area contributed by atoms with Crippen molar-refractivity contribution >= 4 is 27.9 Å². The number of aryl methyl sites for hydroxylation is 2. The van der Waals surface area contributed by atoms with Crippen molar-refractivity contribution in [2.24, 2.45) is 0 Å². The summed E-state index contributed by atoms with van der Waals surface area (Å²) in [6, 6.07) is 17.3. The van der Waals surface area contributed by atoms with Gasteiger partial charge in [-0.3, -0.25) is 10.0 Å². The lowest BCUT2D eigenvalue weighted by molar-refractivity contribution is 0.256. The fourth-order valence-electron chi connectivity index (χ4n) is 2.57. The Labute approximate surface area is 163 Å². The van der Waals surface area contributed by atoms with Crippen molar-refractivity contribution < 1.29 is 13.2 Å². The molecule has 1 heterocycles. The van der Waals surface area contributed by atoms with E-state index in [-0.39, 0.29) is 5.95 Å². The Bertz CT molecular complexity index is 1060. The van der Waals surface area contributed by atoms with Gasteiger partial charge in [0.05, 0.1) is 5.69 Å². The van der Waals surface area contributed by atoms with E-state index in [4.69, 9.17) is 0 Å². The van der Waals surface area contributed by atoms with E-state index < -0.39 is 16.2 Å². The first-order valence-electron chi connectivity index (χ1n) is 8.40. The van der Waals surface area contributed by atoms with Crippen molar-refractivity contribution in [3.8, 4) is 11.1 Å². The second kappa shape index (κ2) is 8.05. The summed E-state index contributed by atoms with van der Waals surface area (Å²) in [7, 11) is -4.12. The number of nitrogens with one attached hydrogen (secondary N) is 3. The molecule has 0 aliphatic rings. The maximum atomic E-state index is 12.2. The Balaban J connectivity index is 1.64. The van der Waals surface area contributed by atoms with E-state index in [1.54, 1.807) is 44.2 Å². The predicted octanol–water partition coefficient (Wildman–Crippen LogP) is 3.24. The highest BCUT2D eigenvalue weighted by Crippen LogP contribution is 2.21. The van der Waals surface area contributed by atoms with Gasteiger partial charge in [0.1, 0.15) is 0 Å². The van der Waals surface area contributed by atoms with E-state index in [1.807, 2.05) is 35.1 Å². The Hall–Kier alpha value is -3.46. The largest absolute Gasteiger partial charge is 0.336 e. The van der Waals surface area contributed by atoms with Crippen molar-refractivity contribution in [1.82, 2.24) is 14.7 Å². The summed E-state index contributed by atoms with van der Waals surface area (Å²) in [6.45, 7) is 3.49. The highest BCUT2D eigenvalue weighted by atomic mass is 32.2. The van der Waals surface area contributed by atoms with Gasteiger partial charge < -0.3 is 0 Å². The van der Waals surface area contributed by atoms with E-state index in [9.17, 15) is 13.2 Å². The number of hydrogen-bond donors (Lipinski definition) is 3. The number of urea groups is 1. The minimum Gasteiger partial charge on any atom is -0.275 e. The number of amides is 2. The van der Waals surface area contributed by atoms with Gasteiger partial charge in [0.25, 0.3) is 0 Å². The first kappa shape index (κ1) is 19.3. The predicted molar refractivity (Wildman–Crippen MR) is 108 cm³/mol. The monoisotopic (exact) mass is 397 g/mol. The molecule has 9 heteroatoms. The highest BCUT2D eigenvalue weighted by Gasteiger charge is 2.15. The van der Waals surface area contributed by atoms with E-state index >= 15 is 0 Å². The van der Waals surface area contributed by atoms with Crippen LogP contribution in [0.2, 0.25) is 0 Å². The summed E-state index contributed by atoms with van der Waals surface area (Å²) < 4.78 is 28.5. The average molecular weight is 397 g/mol. The van der Waals surface area contributed by atoms with Crippen LogP contribution in [0.3, 0.4) is 0 Å². The fraction of sp³-hybridized carbons (Fsp3) is 0.105. The molecule has 3 N–H and O–H groups in total. The molecule has 28 heavy (non-hydrogen) atoms. The van der Waals surface area contributed by atoms with Crippen LogP contribution in [0.4, 0.5) is 16.4 Å². The second-order valence-electron chi connectivity index (χ2n) is 6.08. The number of carbonyl (C=O) groups is 1. The maximum Gasteiger partial charge on any atom is 0.336 e. The Morgan fingerprint density at radius 2 is 1.43 bits per heavy atom. The van der Waals surface area contributed by atoms with Gasteiger partial charge in [-0.25, -0.2) is 19.5 Å². The molecular formula is C19H19N5O3S. The number of carbonyl (C=O) groups excluding carboxylic acids is 1. The summed E-state index contributed by atoms with van der Waals surface area (Å²) in [5, 5.41) is 2.30. The molecule has 2 amide bonds. The molecule has 0 radical (unpaired) electrons. The van der Waals surface area contributed by atoms with Crippen LogP contribution < -0.4 is 14.8 Å². The molecule has 0 aliphatic heterocycles. The third-order valence-electron chi connectivity index (χ3n) is 3.68. The number of aromatic nitrogens is 2. The van der Waals surface area contributed by atoms with Crippen molar-refractivity contribution in [2.45, 2.75) is 13.8 Å². The Morgan fingerprint density at radius 3 is 2.04 bits per heavy atom. The number of rotatable bonds is 5. The topological polar surface area (TPSA) is 113 Å². The van der Waals surface area contributed by atoms with Gasteiger partial charge in [0.2, 0.25) is 5.95 Å². The molecule has 1 aromatic heterocycles. The van der Waals surface area contributed by atoms with Crippen LogP contribution in [0.25, 0.3) is 11.1 Å². The van der Waals surface area contributed by atoms with E-state index in [0.29, 0.717) is 17.1 Å².